The second-order valence-corrected chi connectivity index (χ2v) is 6.21. The highest BCUT2D eigenvalue weighted by Gasteiger charge is 2.21. The molecule has 0 spiro atoms. The number of aromatic nitrogens is 2. The Hall–Kier alpha value is -1.66. The topological polar surface area (TPSA) is 64.3 Å². The van der Waals surface area contributed by atoms with Crippen LogP contribution in [0.3, 0.4) is 0 Å². The molecule has 5 nitrogen and oxygen atoms in total. The van der Waals surface area contributed by atoms with E-state index >= 15 is 0 Å². The minimum absolute atomic E-state index is 0.578. The Labute approximate surface area is 128 Å². The minimum atomic E-state index is 0.578. The zero-order chi connectivity index (χ0) is 14.7. The highest BCUT2D eigenvalue weighted by atomic mass is 32.1. The highest BCUT2D eigenvalue weighted by molar-refractivity contribution is 7.11. The van der Waals surface area contributed by atoms with Crippen LogP contribution in [0.2, 0.25) is 0 Å². The Bertz CT molecular complexity index is 581. The Kier molecular flexibility index (Phi) is 4.36. The molecule has 3 rings (SSSR count). The van der Waals surface area contributed by atoms with Crippen LogP contribution in [-0.2, 0) is 4.74 Å². The summed E-state index contributed by atoms with van der Waals surface area (Å²) >= 11 is 1.45. The van der Waals surface area contributed by atoms with Crippen LogP contribution in [0.15, 0.2) is 24.5 Å². The van der Waals surface area contributed by atoms with E-state index in [1.54, 1.807) is 6.20 Å². The number of nitrogens with zero attached hydrogens (tertiary/aromatic N) is 3. The molecule has 0 radical (unpaired) electrons. The summed E-state index contributed by atoms with van der Waals surface area (Å²) in [6.45, 7) is 2.71. The normalized spacial score (nSPS) is 18.6. The molecule has 112 valence electrons. The fourth-order valence-electron chi connectivity index (χ4n) is 2.76. The Balaban J connectivity index is 1.82. The van der Waals surface area contributed by atoms with Gasteiger partial charge in [0.05, 0.1) is 12.2 Å². The molecule has 2 aromatic rings. The van der Waals surface area contributed by atoms with E-state index in [2.05, 4.69) is 21.3 Å². The molecule has 0 amide bonds. The Morgan fingerprint density at radius 3 is 3.14 bits per heavy atom. The number of hydrogen-bond donors (Lipinski definition) is 1. The van der Waals surface area contributed by atoms with Crippen LogP contribution in [0, 0.1) is 5.92 Å². The molecular formula is C15H20N4OS. The fourth-order valence-corrected chi connectivity index (χ4v) is 3.56. The van der Waals surface area contributed by atoms with E-state index in [-0.39, 0.29) is 0 Å². The van der Waals surface area contributed by atoms with Crippen molar-refractivity contribution >= 4 is 22.4 Å². The van der Waals surface area contributed by atoms with Crippen LogP contribution in [0.25, 0.3) is 11.1 Å². The van der Waals surface area contributed by atoms with Gasteiger partial charge in [0.2, 0.25) is 0 Å². The smallest absolute Gasteiger partial charge is 0.147 e. The van der Waals surface area contributed by atoms with E-state index in [9.17, 15) is 0 Å². The second kappa shape index (κ2) is 6.41. The molecule has 1 aliphatic rings. The number of pyridine rings is 1. The average molecular weight is 304 g/mol. The van der Waals surface area contributed by atoms with Gasteiger partial charge in [-0.2, -0.15) is 4.37 Å². The molecule has 0 bridgehead atoms. The largest absolute Gasteiger partial charge is 0.382 e. The van der Waals surface area contributed by atoms with Gasteiger partial charge in [0.15, 0.2) is 0 Å². The van der Waals surface area contributed by atoms with Crippen molar-refractivity contribution in [2.45, 2.75) is 12.8 Å². The van der Waals surface area contributed by atoms with Gasteiger partial charge in [-0.15, -0.1) is 0 Å². The molecule has 3 heterocycles. The number of rotatable bonds is 4. The first-order valence-corrected chi connectivity index (χ1v) is 7.97. The lowest BCUT2D eigenvalue weighted by Crippen LogP contribution is -2.30. The third-order valence-electron chi connectivity index (χ3n) is 3.78. The molecule has 21 heavy (non-hydrogen) atoms. The van der Waals surface area contributed by atoms with Gasteiger partial charge >= 0.3 is 0 Å². The zero-order valence-corrected chi connectivity index (χ0v) is 13.0. The van der Waals surface area contributed by atoms with Crippen LogP contribution >= 0.6 is 11.5 Å². The van der Waals surface area contributed by atoms with Gasteiger partial charge in [0.1, 0.15) is 10.8 Å². The lowest BCUT2D eigenvalue weighted by Gasteiger charge is -2.28. The molecule has 1 unspecified atom stereocenters. The maximum Gasteiger partial charge on any atom is 0.147 e. The predicted octanol–water partition coefficient (Wildman–Crippen LogP) is 2.65. The molecule has 0 saturated carbocycles. The molecular weight excluding hydrogens is 284 g/mol. The SMILES string of the molecule is CN(CC1CCCOC1)c1snc(N)c1-c1cccnc1. The van der Waals surface area contributed by atoms with Crippen LogP contribution in [0.4, 0.5) is 10.8 Å². The summed E-state index contributed by atoms with van der Waals surface area (Å²) in [6.07, 6.45) is 5.98. The molecule has 2 N–H and O–H groups in total. The van der Waals surface area contributed by atoms with Crippen molar-refractivity contribution in [1.29, 1.82) is 0 Å². The molecule has 2 aromatic heterocycles. The summed E-state index contributed by atoms with van der Waals surface area (Å²) in [5.74, 6) is 1.16. The standard InChI is InChI=1S/C15H20N4OS/c1-19(9-11-4-3-7-20-10-11)15-13(14(16)18-21-15)12-5-2-6-17-8-12/h2,5-6,8,11H,3-4,7,9-10H2,1H3,(H2,16,18). The van der Waals surface area contributed by atoms with Gasteiger partial charge in [-0.3, -0.25) is 4.98 Å². The molecule has 1 saturated heterocycles. The van der Waals surface area contributed by atoms with Crippen molar-refractivity contribution in [3.63, 3.8) is 0 Å². The van der Waals surface area contributed by atoms with E-state index in [1.807, 2.05) is 18.3 Å². The zero-order valence-electron chi connectivity index (χ0n) is 12.2. The fraction of sp³-hybridized carbons (Fsp3) is 0.467. The van der Waals surface area contributed by atoms with Gasteiger partial charge in [0.25, 0.3) is 0 Å². The lowest BCUT2D eigenvalue weighted by atomic mass is 10.0. The van der Waals surface area contributed by atoms with E-state index in [0.717, 1.165) is 42.3 Å². The molecule has 6 heteroatoms. The van der Waals surface area contributed by atoms with E-state index < -0.39 is 0 Å². The average Bonchev–Trinajstić information content (AvgIpc) is 2.91. The van der Waals surface area contributed by atoms with Crippen molar-refractivity contribution in [3.8, 4) is 11.1 Å². The van der Waals surface area contributed by atoms with Crippen LogP contribution < -0.4 is 10.6 Å². The van der Waals surface area contributed by atoms with Crippen molar-refractivity contribution in [2.75, 3.05) is 37.4 Å². The number of nitrogens with two attached hydrogens (primary N) is 1. The van der Waals surface area contributed by atoms with Crippen molar-refractivity contribution in [3.05, 3.63) is 24.5 Å². The molecule has 1 aliphatic heterocycles. The minimum Gasteiger partial charge on any atom is -0.382 e. The van der Waals surface area contributed by atoms with Crippen molar-refractivity contribution in [2.24, 2.45) is 5.92 Å². The summed E-state index contributed by atoms with van der Waals surface area (Å²) in [4.78, 5) is 6.43. The third-order valence-corrected chi connectivity index (χ3v) is 4.76. The molecule has 1 fully saturated rings. The monoisotopic (exact) mass is 304 g/mol. The summed E-state index contributed by atoms with van der Waals surface area (Å²) in [6, 6.07) is 3.94. The van der Waals surface area contributed by atoms with Crippen molar-refractivity contribution < 1.29 is 4.74 Å². The number of nitrogen functional groups attached to an aromatic ring is 1. The first kappa shape index (κ1) is 14.3. The van der Waals surface area contributed by atoms with Crippen molar-refractivity contribution in [1.82, 2.24) is 9.36 Å². The second-order valence-electron chi connectivity index (χ2n) is 5.45. The van der Waals surface area contributed by atoms with Gasteiger partial charge in [-0.25, -0.2) is 0 Å². The summed E-state index contributed by atoms with van der Waals surface area (Å²) < 4.78 is 9.89. The van der Waals surface area contributed by atoms with Crippen LogP contribution in [-0.4, -0.2) is 36.2 Å². The lowest BCUT2D eigenvalue weighted by molar-refractivity contribution is 0.0577. The van der Waals surface area contributed by atoms with Gasteiger partial charge in [0, 0.05) is 38.2 Å². The van der Waals surface area contributed by atoms with Gasteiger partial charge in [-0.1, -0.05) is 6.07 Å². The summed E-state index contributed by atoms with van der Waals surface area (Å²) in [5, 5.41) is 1.10. The highest BCUT2D eigenvalue weighted by Crippen LogP contribution is 2.38. The van der Waals surface area contributed by atoms with Crippen LogP contribution in [0.5, 0.6) is 0 Å². The molecule has 0 aliphatic carbocycles. The third kappa shape index (κ3) is 3.16. The summed E-state index contributed by atoms with van der Waals surface area (Å²) in [7, 11) is 2.10. The first-order chi connectivity index (χ1) is 10.3. The predicted molar refractivity (Wildman–Crippen MR) is 86.6 cm³/mol. The van der Waals surface area contributed by atoms with Gasteiger partial charge in [-0.05, 0) is 36.4 Å². The maximum absolute atomic E-state index is 6.06. The van der Waals surface area contributed by atoms with E-state index in [0.29, 0.717) is 11.7 Å². The van der Waals surface area contributed by atoms with E-state index in [4.69, 9.17) is 10.5 Å². The number of anilines is 2. The molecule has 0 aromatic carbocycles. The quantitative estimate of drug-likeness (QED) is 0.940. The first-order valence-electron chi connectivity index (χ1n) is 7.20. The maximum atomic E-state index is 6.06. The molecule has 1 atom stereocenters. The Morgan fingerprint density at radius 1 is 1.52 bits per heavy atom. The Morgan fingerprint density at radius 2 is 2.43 bits per heavy atom. The number of ether oxygens (including phenoxy) is 1. The summed E-state index contributed by atoms with van der Waals surface area (Å²) in [5.41, 5.74) is 8.08. The van der Waals surface area contributed by atoms with Crippen LogP contribution in [0.1, 0.15) is 12.8 Å². The number of hydrogen-bond acceptors (Lipinski definition) is 6. The van der Waals surface area contributed by atoms with Gasteiger partial charge < -0.3 is 15.4 Å². The van der Waals surface area contributed by atoms with E-state index in [1.165, 1.54) is 18.0 Å².